The van der Waals surface area contributed by atoms with Crippen LogP contribution in [0.2, 0.25) is 0 Å². The lowest BCUT2D eigenvalue weighted by atomic mass is 10.4. The van der Waals surface area contributed by atoms with Crippen LogP contribution in [0.4, 0.5) is 0 Å². The number of guanidine groups is 1. The van der Waals surface area contributed by atoms with E-state index in [0.29, 0.717) is 0 Å². The minimum absolute atomic E-state index is 0.0349. The standard InChI is InChI=1S/C9H11N5O3S/c10-8(11)14-9(12)18-4-6(15)13-7(16)5-2-1-3-17-5/h1-3H,4H2,(H,13,15,16)(H5,10,11,12,14). The number of carbonyl (C=O) groups excluding carboxylic acids is 2. The van der Waals surface area contributed by atoms with Crippen molar-refractivity contribution in [3.05, 3.63) is 24.2 Å². The molecule has 1 aromatic rings. The first-order valence-corrected chi connectivity index (χ1v) is 5.66. The number of thioether (sulfide) groups is 1. The van der Waals surface area contributed by atoms with E-state index < -0.39 is 11.8 Å². The summed E-state index contributed by atoms with van der Waals surface area (Å²) in [4.78, 5) is 26.1. The summed E-state index contributed by atoms with van der Waals surface area (Å²) < 4.78 is 4.81. The number of furan rings is 1. The van der Waals surface area contributed by atoms with Crippen LogP contribution in [0.15, 0.2) is 27.8 Å². The van der Waals surface area contributed by atoms with Crippen molar-refractivity contribution in [1.82, 2.24) is 5.32 Å². The molecular formula is C9H11N5O3S. The third-order valence-electron chi connectivity index (χ3n) is 1.57. The monoisotopic (exact) mass is 269 g/mol. The minimum Gasteiger partial charge on any atom is -0.459 e. The fraction of sp³-hybridized carbons (Fsp3) is 0.111. The predicted octanol–water partition coefficient (Wildman–Crippen LogP) is -0.523. The van der Waals surface area contributed by atoms with E-state index in [0.717, 1.165) is 11.8 Å². The second-order valence-electron chi connectivity index (χ2n) is 2.99. The number of hydrogen-bond donors (Lipinski definition) is 4. The molecule has 0 aliphatic rings. The summed E-state index contributed by atoms with van der Waals surface area (Å²) in [6.45, 7) is 0. The number of amidine groups is 1. The molecule has 1 heterocycles. The van der Waals surface area contributed by atoms with Gasteiger partial charge in [0.15, 0.2) is 16.9 Å². The van der Waals surface area contributed by atoms with Crippen LogP contribution >= 0.6 is 11.8 Å². The van der Waals surface area contributed by atoms with Gasteiger partial charge in [-0.2, -0.15) is 4.99 Å². The number of nitrogens with zero attached hydrogens (tertiary/aromatic N) is 1. The maximum atomic E-state index is 11.4. The van der Waals surface area contributed by atoms with E-state index in [1.165, 1.54) is 18.4 Å². The summed E-state index contributed by atoms with van der Waals surface area (Å²) in [5, 5.41) is 9.14. The number of amides is 2. The Morgan fingerprint density at radius 2 is 2.22 bits per heavy atom. The molecule has 0 saturated heterocycles. The van der Waals surface area contributed by atoms with Crippen molar-refractivity contribution in [2.24, 2.45) is 16.5 Å². The molecule has 0 radical (unpaired) electrons. The number of carbonyl (C=O) groups is 2. The Labute approximate surface area is 106 Å². The Hall–Kier alpha value is -2.29. The van der Waals surface area contributed by atoms with Crippen LogP contribution in [0.1, 0.15) is 10.6 Å². The maximum Gasteiger partial charge on any atom is 0.293 e. The topological polar surface area (TPSA) is 148 Å². The molecule has 0 bridgehead atoms. The highest BCUT2D eigenvalue weighted by Gasteiger charge is 2.13. The molecule has 2 amide bonds. The van der Waals surface area contributed by atoms with Crippen LogP contribution in [0, 0.1) is 5.41 Å². The van der Waals surface area contributed by atoms with Gasteiger partial charge in [0.25, 0.3) is 5.91 Å². The zero-order chi connectivity index (χ0) is 13.5. The molecule has 0 unspecified atom stereocenters. The van der Waals surface area contributed by atoms with E-state index in [2.05, 4.69) is 10.3 Å². The second-order valence-corrected chi connectivity index (χ2v) is 3.95. The Kier molecular flexibility index (Phi) is 4.93. The lowest BCUT2D eigenvalue weighted by Crippen LogP contribution is -2.32. The number of nitrogens with one attached hydrogen (secondary N) is 2. The van der Waals surface area contributed by atoms with Gasteiger partial charge in [-0.3, -0.25) is 20.3 Å². The quantitative estimate of drug-likeness (QED) is 0.428. The largest absolute Gasteiger partial charge is 0.459 e. The average Bonchev–Trinajstić information content (AvgIpc) is 2.78. The number of aliphatic imine (C=N–C) groups is 1. The molecule has 0 aliphatic carbocycles. The number of hydrogen-bond acceptors (Lipinski definition) is 5. The highest BCUT2D eigenvalue weighted by molar-refractivity contribution is 8.14. The van der Waals surface area contributed by atoms with E-state index in [9.17, 15) is 9.59 Å². The SMILES string of the molecule is N=C(N=C(N)N)SCC(=O)NC(=O)c1ccco1. The zero-order valence-corrected chi connectivity index (χ0v) is 9.99. The molecule has 1 rings (SSSR count). The summed E-state index contributed by atoms with van der Waals surface area (Å²) in [6, 6.07) is 2.96. The molecule has 1 aromatic heterocycles. The number of imide groups is 1. The molecule has 0 aliphatic heterocycles. The van der Waals surface area contributed by atoms with Crippen molar-refractivity contribution < 1.29 is 14.0 Å². The van der Waals surface area contributed by atoms with E-state index >= 15 is 0 Å². The normalized spacial score (nSPS) is 9.56. The van der Waals surface area contributed by atoms with E-state index in [1.807, 2.05) is 0 Å². The molecule has 18 heavy (non-hydrogen) atoms. The molecule has 0 atom stereocenters. The minimum atomic E-state index is -0.640. The van der Waals surface area contributed by atoms with Gasteiger partial charge >= 0.3 is 0 Å². The third kappa shape index (κ3) is 4.70. The molecule has 0 fully saturated rings. The molecule has 96 valence electrons. The van der Waals surface area contributed by atoms with Crippen LogP contribution in [0.25, 0.3) is 0 Å². The first kappa shape index (κ1) is 13.8. The Bertz CT molecular complexity index is 478. The molecule has 0 saturated carbocycles. The van der Waals surface area contributed by atoms with E-state index in [1.54, 1.807) is 0 Å². The first-order valence-electron chi connectivity index (χ1n) is 4.67. The van der Waals surface area contributed by atoms with Crippen LogP contribution in [0.3, 0.4) is 0 Å². The van der Waals surface area contributed by atoms with Crippen molar-refractivity contribution in [3.63, 3.8) is 0 Å². The molecule has 0 spiro atoms. The summed E-state index contributed by atoms with van der Waals surface area (Å²) in [7, 11) is 0. The Morgan fingerprint density at radius 1 is 1.50 bits per heavy atom. The van der Waals surface area contributed by atoms with Crippen molar-refractivity contribution >= 4 is 34.7 Å². The van der Waals surface area contributed by atoms with Gasteiger partial charge in [0.05, 0.1) is 12.0 Å². The van der Waals surface area contributed by atoms with Crippen LogP contribution in [-0.2, 0) is 4.79 Å². The highest BCUT2D eigenvalue weighted by Crippen LogP contribution is 2.03. The molecule has 6 N–H and O–H groups in total. The number of nitrogens with two attached hydrogens (primary N) is 2. The van der Waals surface area contributed by atoms with Crippen molar-refractivity contribution in [1.29, 1.82) is 5.41 Å². The first-order chi connectivity index (χ1) is 8.49. The van der Waals surface area contributed by atoms with Gasteiger partial charge in [-0.25, -0.2) is 0 Å². The van der Waals surface area contributed by atoms with E-state index in [4.69, 9.17) is 21.3 Å². The average molecular weight is 269 g/mol. The van der Waals surface area contributed by atoms with Crippen LogP contribution in [0.5, 0.6) is 0 Å². The summed E-state index contributed by atoms with van der Waals surface area (Å²) >= 11 is 0.793. The Balaban J connectivity index is 2.37. The maximum absolute atomic E-state index is 11.4. The van der Waals surface area contributed by atoms with Gasteiger partial charge < -0.3 is 15.9 Å². The van der Waals surface area contributed by atoms with Crippen molar-refractivity contribution in [3.8, 4) is 0 Å². The van der Waals surface area contributed by atoms with Crippen molar-refractivity contribution in [2.75, 3.05) is 5.75 Å². The predicted molar refractivity (Wildman–Crippen MR) is 67.2 cm³/mol. The molecular weight excluding hydrogens is 258 g/mol. The lowest BCUT2D eigenvalue weighted by Gasteiger charge is -2.01. The van der Waals surface area contributed by atoms with Gasteiger partial charge in [0.2, 0.25) is 5.91 Å². The van der Waals surface area contributed by atoms with Crippen LogP contribution < -0.4 is 16.8 Å². The molecule has 0 aromatic carbocycles. The highest BCUT2D eigenvalue weighted by atomic mass is 32.2. The van der Waals surface area contributed by atoms with Gasteiger partial charge in [-0.05, 0) is 12.1 Å². The smallest absolute Gasteiger partial charge is 0.293 e. The van der Waals surface area contributed by atoms with Gasteiger partial charge in [-0.1, -0.05) is 11.8 Å². The summed E-state index contributed by atoms with van der Waals surface area (Å²) in [5.41, 5.74) is 10.1. The van der Waals surface area contributed by atoms with Gasteiger partial charge in [-0.15, -0.1) is 0 Å². The number of rotatable bonds is 3. The third-order valence-corrected chi connectivity index (χ3v) is 2.34. The van der Waals surface area contributed by atoms with E-state index in [-0.39, 0.29) is 22.6 Å². The molecule has 8 nitrogen and oxygen atoms in total. The fourth-order valence-electron chi connectivity index (χ4n) is 0.916. The van der Waals surface area contributed by atoms with Crippen molar-refractivity contribution in [2.45, 2.75) is 0 Å². The summed E-state index contributed by atoms with van der Waals surface area (Å²) in [5.74, 6) is -1.59. The fourth-order valence-corrected chi connectivity index (χ4v) is 1.43. The summed E-state index contributed by atoms with van der Waals surface area (Å²) in [6.07, 6.45) is 1.32. The second kappa shape index (κ2) is 6.45. The van der Waals surface area contributed by atoms with Crippen LogP contribution in [-0.4, -0.2) is 28.7 Å². The van der Waals surface area contributed by atoms with Gasteiger partial charge in [0.1, 0.15) is 0 Å². The van der Waals surface area contributed by atoms with Gasteiger partial charge in [0, 0.05) is 0 Å². The zero-order valence-electron chi connectivity index (χ0n) is 9.17. The Morgan fingerprint density at radius 3 is 2.78 bits per heavy atom. The lowest BCUT2D eigenvalue weighted by molar-refractivity contribution is -0.117. The molecule has 9 heteroatoms.